The van der Waals surface area contributed by atoms with Gasteiger partial charge < -0.3 is 10.2 Å². The predicted octanol–water partition coefficient (Wildman–Crippen LogP) is 3.87. The molecule has 0 spiro atoms. The Bertz CT molecular complexity index is 1210. The molecule has 4 rings (SSSR count). The number of fused-ring (bicyclic) bond motifs is 1. The van der Waals surface area contributed by atoms with E-state index in [0.717, 1.165) is 5.56 Å². The van der Waals surface area contributed by atoms with E-state index in [1.807, 2.05) is 31.4 Å². The summed E-state index contributed by atoms with van der Waals surface area (Å²) in [6, 6.07) is 15.7. The van der Waals surface area contributed by atoms with Gasteiger partial charge in [-0.2, -0.15) is 10.4 Å². The largest absolute Gasteiger partial charge is 0.330 e. The van der Waals surface area contributed by atoms with Gasteiger partial charge >= 0.3 is 0 Å². The van der Waals surface area contributed by atoms with Gasteiger partial charge in [0.2, 0.25) is 5.91 Å². The number of benzene rings is 2. The van der Waals surface area contributed by atoms with Gasteiger partial charge in [0.25, 0.3) is 5.91 Å². The van der Waals surface area contributed by atoms with Crippen molar-refractivity contribution in [2.45, 2.75) is 25.8 Å². The number of hydrogen-bond acceptors (Lipinski definition) is 4. The van der Waals surface area contributed by atoms with Crippen LogP contribution in [0.5, 0.6) is 0 Å². The summed E-state index contributed by atoms with van der Waals surface area (Å²) in [5.41, 5.74) is 3.05. The third-order valence-electron chi connectivity index (χ3n) is 5.61. The molecule has 0 radical (unpaired) electrons. The molecule has 1 N–H and O–H groups in total. The van der Waals surface area contributed by atoms with Gasteiger partial charge in [-0.25, -0.2) is 0 Å². The Hall–Kier alpha value is -3.92. The summed E-state index contributed by atoms with van der Waals surface area (Å²) in [5.74, 6) is -0.724. The van der Waals surface area contributed by atoms with Crippen molar-refractivity contribution in [1.29, 1.82) is 5.26 Å². The van der Waals surface area contributed by atoms with E-state index in [1.165, 1.54) is 0 Å². The number of aryl methyl sites for hydroxylation is 1. The Balaban J connectivity index is 1.83. The first-order valence-electron chi connectivity index (χ1n) is 10.6. The van der Waals surface area contributed by atoms with Crippen LogP contribution in [0.1, 0.15) is 52.9 Å². The zero-order chi connectivity index (χ0) is 22.8. The lowest BCUT2D eigenvalue weighted by Gasteiger charge is -2.42. The molecule has 2 heterocycles. The van der Waals surface area contributed by atoms with Crippen molar-refractivity contribution in [1.82, 2.24) is 14.7 Å². The maximum Gasteiger partial charge on any atom is 0.254 e. The number of carbonyl (C=O) groups is 2. The van der Waals surface area contributed by atoms with Crippen LogP contribution in [0.3, 0.4) is 0 Å². The van der Waals surface area contributed by atoms with E-state index in [1.54, 1.807) is 46.1 Å². The second-order valence-corrected chi connectivity index (χ2v) is 8.49. The Morgan fingerprint density at radius 1 is 1.22 bits per heavy atom. The number of nitrogens with zero attached hydrogens (tertiary/aromatic N) is 4. The predicted molar refractivity (Wildman–Crippen MR) is 121 cm³/mol. The van der Waals surface area contributed by atoms with Gasteiger partial charge in [0, 0.05) is 36.6 Å². The number of nitriles is 1. The van der Waals surface area contributed by atoms with Gasteiger partial charge in [-0.15, -0.1) is 0 Å². The standard InChI is InChI=1S/C25H25N5O2/c1-16(2)14-30-23(18-13-27-29(3)15-18)22(20-9-4-5-10-21(20)25(30)32)24(31)28-19-8-6-7-17(11-19)12-26/h4-11,13,15-16,22-23H,14H2,1-3H3,(H,28,31)/t22-,23+/m1/s1. The highest BCUT2D eigenvalue weighted by Gasteiger charge is 2.44. The van der Waals surface area contributed by atoms with Crippen LogP contribution in [-0.2, 0) is 11.8 Å². The molecule has 7 heteroatoms. The average molecular weight is 428 g/mol. The van der Waals surface area contributed by atoms with Crippen LogP contribution in [0, 0.1) is 17.2 Å². The van der Waals surface area contributed by atoms with Gasteiger partial charge in [-0.1, -0.05) is 38.1 Å². The Labute approximate surface area is 187 Å². The molecule has 0 saturated heterocycles. The van der Waals surface area contributed by atoms with E-state index in [9.17, 15) is 14.9 Å². The number of nitrogens with one attached hydrogen (secondary N) is 1. The van der Waals surface area contributed by atoms with Crippen molar-refractivity contribution in [2.75, 3.05) is 11.9 Å². The number of anilines is 1. The molecule has 1 aliphatic rings. The molecule has 3 aromatic rings. The van der Waals surface area contributed by atoms with E-state index in [0.29, 0.717) is 28.9 Å². The quantitative estimate of drug-likeness (QED) is 0.669. The molecule has 32 heavy (non-hydrogen) atoms. The van der Waals surface area contributed by atoms with Crippen LogP contribution < -0.4 is 5.32 Å². The molecule has 7 nitrogen and oxygen atoms in total. The zero-order valence-corrected chi connectivity index (χ0v) is 18.3. The molecule has 1 aromatic heterocycles. The lowest BCUT2D eigenvalue weighted by Crippen LogP contribution is -2.47. The SMILES string of the molecule is CC(C)CN1C(=O)c2ccccc2[C@@H](C(=O)Nc2cccc(C#N)c2)[C@@H]1c1cnn(C)c1. The van der Waals surface area contributed by atoms with Crippen molar-refractivity contribution >= 4 is 17.5 Å². The van der Waals surface area contributed by atoms with Crippen molar-refractivity contribution in [3.63, 3.8) is 0 Å². The first kappa shape index (κ1) is 21.3. The van der Waals surface area contributed by atoms with Crippen molar-refractivity contribution in [2.24, 2.45) is 13.0 Å². The molecule has 0 saturated carbocycles. The molecule has 2 aromatic carbocycles. The van der Waals surface area contributed by atoms with Crippen LogP contribution in [-0.4, -0.2) is 33.0 Å². The summed E-state index contributed by atoms with van der Waals surface area (Å²) in [6.07, 6.45) is 3.57. The number of hydrogen-bond donors (Lipinski definition) is 1. The van der Waals surface area contributed by atoms with Crippen LogP contribution in [0.2, 0.25) is 0 Å². The number of carbonyl (C=O) groups excluding carboxylic acids is 2. The molecule has 1 aliphatic heterocycles. The second kappa shape index (κ2) is 8.67. The minimum atomic E-state index is -0.627. The fourth-order valence-corrected chi connectivity index (χ4v) is 4.32. The van der Waals surface area contributed by atoms with Gasteiger partial charge in [0.05, 0.1) is 29.8 Å². The second-order valence-electron chi connectivity index (χ2n) is 8.49. The lowest BCUT2D eigenvalue weighted by molar-refractivity contribution is -0.119. The van der Waals surface area contributed by atoms with E-state index >= 15 is 0 Å². The van der Waals surface area contributed by atoms with Gasteiger partial charge in [0.15, 0.2) is 0 Å². The molecular formula is C25H25N5O2. The summed E-state index contributed by atoms with van der Waals surface area (Å²) >= 11 is 0. The van der Waals surface area contributed by atoms with Crippen molar-refractivity contribution in [3.05, 3.63) is 83.2 Å². The number of rotatable bonds is 5. The average Bonchev–Trinajstić information content (AvgIpc) is 3.21. The Morgan fingerprint density at radius 2 is 2.00 bits per heavy atom. The monoisotopic (exact) mass is 427 g/mol. The minimum Gasteiger partial charge on any atom is -0.330 e. The maximum atomic E-state index is 13.7. The summed E-state index contributed by atoms with van der Waals surface area (Å²) in [5, 5.41) is 16.5. The summed E-state index contributed by atoms with van der Waals surface area (Å²) in [6.45, 7) is 4.62. The van der Waals surface area contributed by atoms with Crippen LogP contribution >= 0.6 is 0 Å². The zero-order valence-electron chi connectivity index (χ0n) is 18.3. The molecule has 2 atom stereocenters. The first-order chi connectivity index (χ1) is 15.4. The van der Waals surface area contributed by atoms with Gasteiger partial charge in [-0.05, 0) is 35.7 Å². The molecule has 0 fully saturated rings. The number of aromatic nitrogens is 2. The maximum absolute atomic E-state index is 13.7. The van der Waals surface area contributed by atoms with E-state index < -0.39 is 12.0 Å². The van der Waals surface area contributed by atoms with Crippen LogP contribution in [0.25, 0.3) is 0 Å². The highest BCUT2D eigenvalue weighted by molar-refractivity contribution is 6.04. The molecule has 2 amide bonds. The van der Waals surface area contributed by atoms with Crippen molar-refractivity contribution in [3.8, 4) is 6.07 Å². The highest BCUT2D eigenvalue weighted by atomic mass is 16.2. The number of amides is 2. The topological polar surface area (TPSA) is 91.0 Å². The Kier molecular flexibility index (Phi) is 5.78. The van der Waals surface area contributed by atoms with Crippen molar-refractivity contribution < 1.29 is 9.59 Å². The molecule has 162 valence electrons. The Morgan fingerprint density at radius 3 is 2.69 bits per heavy atom. The first-order valence-corrected chi connectivity index (χ1v) is 10.6. The third-order valence-corrected chi connectivity index (χ3v) is 5.61. The smallest absolute Gasteiger partial charge is 0.254 e. The summed E-state index contributed by atoms with van der Waals surface area (Å²) in [4.78, 5) is 29.0. The summed E-state index contributed by atoms with van der Waals surface area (Å²) < 4.78 is 1.68. The third kappa shape index (κ3) is 4.00. The molecule has 0 bridgehead atoms. The van der Waals surface area contributed by atoms with Gasteiger partial charge in [-0.3, -0.25) is 14.3 Å². The lowest BCUT2D eigenvalue weighted by atomic mass is 9.79. The fraction of sp³-hybridized carbons (Fsp3) is 0.280. The van der Waals surface area contributed by atoms with Crippen LogP contribution in [0.4, 0.5) is 5.69 Å². The molecular weight excluding hydrogens is 402 g/mol. The van der Waals surface area contributed by atoms with E-state index in [4.69, 9.17) is 0 Å². The molecule has 0 unspecified atom stereocenters. The summed E-state index contributed by atoms with van der Waals surface area (Å²) in [7, 11) is 1.82. The normalized spacial score (nSPS) is 17.7. The fourth-order valence-electron chi connectivity index (χ4n) is 4.32. The molecule has 0 aliphatic carbocycles. The minimum absolute atomic E-state index is 0.0846. The van der Waals surface area contributed by atoms with Crippen LogP contribution in [0.15, 0.2) is 60.9 Å². The van der Waals surface area contributed by atoms with Gasteiger partial charge in [0.1, 0.15) is 0 Å². The highest BCUT2D eigenvalue weighted by Crippen LogP contribution is 2.43. The van der Waals surface area contributed by atoms with E-state index in [-0.39, 0.29) is 17.7 Å². The van der Waals surface area contributed by atoms with E-state index in [2.05, 4.69) is 30.3 Å².